The zero-order chi connectivity index (χ0) is 17.9. The molecule has 1 aliphatic rings. The SMILES string of the molecule is CCN(CC)C(=O)C1=C(C)N(C)C(=S)NC1c1cccc(C#N)c1. The van der Waals surface area contributed by atoms with Crippen molar-refractivity contribution in [2.24, 2.45) is 0 Å². The van der Waals surface area contributed by atoms with Gasteiger partial charge in [0.1, 0.15) is 0 Å². The maximum atomic E-state index is 13.1. The quantitative estimate of drug-likeness (QED) is 0.852. The van der Waals surface area contributed by atoms with Crippen molar-refractivity contribution in [2.45, 2.75) is 26.8 Å². The summed E-state index contributed by atoms with van der Waals surface area (Å²) in [5, 5.41) is 13.0. The molecular weight excluding hydrogens is 320 g/mol. The number of thiocarbonyl (C=S) groups is 1. The standard InChI is InChI=1S/C18H22N4OS/c1-5-22(6-2)17(23)15-12(3)21(4)18(24)20-16(15)14-9-7-8-13(10-14)11-19/h7-10,16H,5-6H2,1-4H3,(H,20,24). The third-order valence-electron chi connectivity index (χ3n) is 4.38. The molecule has 0 saturated heterocycles. The predicted octanol–water partition coefficient (Wildman–Crippen LogP) is 2.56. The lowest BCUT2D eigenvalue weighted by Crippen LogP contribution is -2.48. The van der Waals surface area contributed by atoms with Gasteiger partial charge in [0.05, 0.1) is 23.2 Å². The molecule has 5 nitrogen and oxygen atoms in total. The van der Waals surface area contributed by atoms with Crippen LogP contribution in [-0.4, -0.2) is 41.0 Å². The van der Waals surface area contributed by atoms with Crippen LogP contribution in [0.15, 0.2) is 35.5 Å². The number of hydrogen-bond acceptors (Lipinski definition) is 3. The minimum Gasteiger partial charge on any atom is -0.351 e. The number of likely N-dealkylation sites (N-methyl/N-ethyl adjacent to an activating group) is 1. The highest BCUT2D eigenvalue weighted by Gasteiger charge is 2.34. The van der Waals surface area contributed by atoms with Crippen molar-refractivity contribution in [3.8, 4) is 6.07 Å². The van der Waals surface area contributed by atoms with Gasteiger partial charge in [0.15, 0.2) is 5.11 Å². The van der Waals surface area contributed by atoms with Gasteiger partial charge >= 0.3 is 0 Å². The Hall–Kier alpha value is -2.39. The average molecular weight is 342 g/mol. The van der Waals surface area contributed by atoms with Gasteiger partial charge in [0.25, 0.3) is 5.91 Å². The van der Waals surface area contributed by atoms with E-state index in [1.54, 1.807) is 17.0 Å². The molecule has 0 radical (unpaired) electrons. The van der Waals surface area contributed by atoms with E-state index in [-0.39, 0.29) is 11.9 Å². The average Bonchev–Trinajstić information content (AvgIpc) is 2.60. The Morgan fingerprint density at radius 3 is 2.67 bits per heavy atom. The topological polar surface area (TPSA) is 59.4 Å². The molecule has 1 unspecified atom stereocenters. The van der Waals surface area contributed by atoms with E-state index in [9.17, 15) is 4.79 Å². The molecule has 2 rings (SSSR count). The molecular formula is C18H22N4OS. The normalized spacial score (nSPS) is 17.4. The first-order valence-electron chi connectivity index (χ1n) is 7.98. The molecule has 1 atom stereocenters. The maximum Gasteiger partial charge on any atom is 0.253 e. The molecule has 24 heavy (non-hydrogen) atoms. The molecule has 1 heterocycles. The number of nitrogens with zero attached hydrogens (tertiary/aromatic N) is 3. The monoisotopic (exact) mass is 342 g/mol. The Kier molecular flexibility index (Phi) is 5.58. The van der Waals surface area contributed by atoms with Crippen molar-refractivity contribution in [3.05, 3.63) is 46.7 Å². The number of nitrogens with one attached hydrogen (secondary N) is 1. The number of carbonyl (C=O) groups is 1. The fourth-order valence-electron chi connectivity index (χ4n) is 2.83. The summed E-state index contributed by atoms with van der Waals surface area (Å²) in [5.41, 5.74) is 2.93. The number of benzene rings is 1. The van der Waals surface area contributed by atoms with Crippen molar-refractivity contribution < 1.29 is 4.79 Å². The molecule has 1 aromatic rings. The fourth-order valence-corrected chi connectivity index (χ4v) is 3.09. The molecule has 0 aliphatic carbocycles. The molecule has 0 saturated carbocycles. The Balaban J connectivity index is 2.57. The van der Waals surface area contributed by atoms with Crippen molar-refractivity contribution in [1.82, 2.24) is 15.1 Å². The molecule has 1 amide bonds. The number of hydrogen-bond donors (Lipinski definition) is 1. The highest BCUT2D eigenvalue weighted by Crippen LogP contribution is 2.31. The van der Waals surface area contributed by atoms with Crippen LogP contribution >= 0.6 is 12.2 Å². The molecule has 6 heteroatoms. The van der Waals surface area contributed by atoms with Crippen LogP contribution in [0.1, 0.15) is 37.9 Å². The van der Waals surface area contributed by atoms with Gasteiger partial charge in [-0.05, 0) is 50.7 Å². The molecule has 1 N–H and O–H groups in total. The summed E-state index contributed by atoms with van der Waals surface area (Å²) in [6.45, 7) is 7.13. The van der Waals surface area contributed by atoms with Crippen molar-refractivity contribution >= 4 is 23.2 Å². The molecule has 0 spiro atoms. The molecule has 1 aromatic carbocycles. The second-order valence-electron chi connectivity index (χ2n) is 5.66. The maximum absolute atomic E-state index is 13.1. The van der Waals surface area contributed by atoms with Crippen LogP contribution in [0.4, 0.5) is 0 Å². The van der Waals surface area contributed by atoms with Gasteiger partial charge in [-0.1, -0.05) is 12.1 Å². The minimum atomic E-state index is -0.352. The summed E-state index contributed by atoms with van der Waals surface area (Å²) >= 11 is 5.40. The number of allylic oxidation sites excluding steroid dienone is 1. The van der Waals surface area contributed by atoms with Crippen LogP contribution in [0.25, 0.3) is 0 Å². The molecule has 1 aliphatic heterocycles. The third kappa shape index (κ3) is 3.26. The summed E-state index contributed by atoms with van der Waals surface area (Å²) in [7, 11) is 1.85. The third-order valence-corrected chi connectivity index (χ3v) is 4.78. The smallest absolute Gasteiger partial charge is 0.253 e. The zero-order valence-corrected chi connectivity index (χ0v) is 15.3. The van der Waals surface area contributed by atoms with Crippen LogP contribution in [0, 0.1) is 11.3 Å². The first-order chi connectivity index (χ1) is 11.4. The first kappa shape index (κ1) is 18.0. The van der Waals surface area contributed by atoms with Gasteiger partial charge in [0.2, 0.25) is 0 Å². The molecule has 126 valence electrons. The number of nitriles is 1. The summed E-state index contributed by atoms with van der Waals surface area (Å²) in [6.07, 6.45) is 0. The summed E-state index contributed by atoms with van der Waals surface area (Å²) < 4.78 is 0. The van der Waals surface area contributed by atoms with E-state index in [0.29, 0.717) is 29.3 Å². The first-order valence-corrected chi connectivity index (χ1v) is 8.39. The van der Waals surface area contributed by atoms with E-state index in [0.717, 1.165) is 11.3 Å². The Morgan fingerprint density at radius 1 is 1.42 bits per heavy atom. The summed E-state index contributed by atoms with van der Waals surface area (Å²) in [5.74, 6) is -0.00768. The van der Waals surface area contributed by atoms with Gasteiger partial charge in [-0.3, -0.25) is 4.79 Å². The van der Waals surface area contributed by atoms with Crippen molar-refractivity contribution in [1.29, 1.82) is 5.26 Å². The van der Waals surface area contributed by atoms with Crippen LogP contribution in [0.2, 0.25) is 0 Å². The Labute approximate surface area is 148 Å². The highest BCUT2D eigenvalue weighted by molar-refractivity contribution is 7.80. The van der Waals surface area contributed by atoms with E-state index in [1.165, 1.54) is 0 Å². The number of carbonyl (C=O) groups excluding carboxylic acids is 1. The van der Waals surface area contributed by atoms with Gasteiger partial charge < -0.3 is 15.1 Å². The summed E-state index contributed by atoms with van der Waals surface area (Å²) in [6, 6.07) is 9.08. The molecule has 0 aromatic heterocycles. The zero-order valence-electron chi connectivity index (χ0n) is 14.5. The van der Waals surface area contributed by atoms with E-state index in [1.807, 2.05) is 44.9 Å². The van der Waals surface area contributed by atoms with Gasteiger partial charge in [-0.2, -0.15) is 5.26 Å². The van der Waals surface area contributed by atoms with Crippen LogP contribution in [-0.2, 0) is 4.79 Å². The summed E-state index contributed by atoms with van der Waals surface area (Å²) in [4.78, 5) is 16.7. The lowest BCUT2D eigenvalue weighted by Gasteiger charge is -2.37. The highest BCUT2D eigenvalue weighted by atomic mass is 32.1. The predicted molar refractivity (Wildman–Crippen MR) is 98.0 cm³/mol. The Morgan fingerprint density at radius 2 is 2.08 bits per heavy atom. The van der Waals surface area contributed by atoms with Gasteiger partial charge in [0, 0.05) is 25.8 Å². The largest absolute Gasteiger partial charge is 0.351 e. The molecule has 0 fully saturated rings. The van der Waals surface area contributed by atoms with E-state index in [2.05, 4.69) is 11.4 Å². The second-order valence-corrected chi connectivity index (χ2v) is 6.04. The van der Waals surface area contributed by atoms with E-state index in [4.69, 9.17) is 17.5 Å². The lowest BCUT2D eigenvalue weighted by atomic mass is 9.93. The fraction of sp³-hybridized carbons (Fsp3) is 0.389. The van der Waals surface area contributed by atoms with Crippen LogP contribution < -0.4 is 5.32 Å². The minimum absolute atomic E-state index is 0.00768. The van der Waals surface area contributed by atoms with E-state index >= 15 is 0 Å². The van der Waals surface area contributed by atoms with Gasteiger partial charge in [-0.15, -0.1) is 0 Å². The van der Waals surface area contributed by atoms with E-state index < -0.39 is 0 Å². The Bertz CT molecular complexity index is 731. The van der Waals surface area contributed by atoms with Crippen molar-refractivity contribution in [2.75, 3.05) is 20.1 Å². The van der Waals surface area contributed by atoms with Gasteiger partial charge in [-0.25, -0.2) is 0 Å². The number of amides is 1. The second kappa shape index (κ2) is 7.45. The number of rotatable bonds is 4. The van der Waals surface area contributed by atoms with Crippen molar-refractivity contribution in [3.63, 3.8) is 0 Å². The van der Waals surface area contributed by atoms with Crippen LogP contribution in [0.5, 0.6) is 0 Å². The van der Waals surface area contributed by atoms with Crippen LogP contribution in [0.3, 0.4) is 0 Å². The molecule has 0 bridgehead atoms. The lowest BCUT2D eigenvalue weighted by molar-refractivity contribution is -0.127.